The normalized spacial score (nSPS) is 12.9. The standard InChI is InChI=1S/C11H17N/c1-3-11(12)8-10-6-4-5-9(2)7-10/h4-7,11H,3,8,12H2,1-2H3. The molecular weight excluding hydrogens is 146 g/mol. The molecule has 1 aromatic rings. The minimum Gasteiger partial charge on any atom is -0.327 e. The first-order valence-corrected chi connectivity index (χ1v) is 4.53. The van der Waals surface area contributed by atoms with Gasteiger partial charge in [0.1, 0.15) is 0 Å². The van der Waals surface area contributed by atoms with E-state index in [4.69, 9.17) is 5.73 Å². The van der Waals surface area contributed by atoms with Gasteiger partial charge in [0, 0.05) is 6.04 Å². The van der Waals surface area contributed by atoms with Gasteiger partial charge in [-0.05, 0) is 25.3 Å². The topological polar surface area (TPSA) is 26.0 Å². The van der Waals surface area contributed by atoms with Crippen LogP contribution in [-0.2, 0) is 6.42 Å². The highest BCUT2D eigenvalue weighted by atomic mass is 14.6. The van der Waals surface area contributed by atoms with E-state index in [1.165, 1.54) is 11.1 Å². The average Bonchev–Trinajstić information content (AvgIpc) is 2.04. The van der Waals surface area contributed by atoms with Gasteiger partial charge in [-0.3, -0.25) is 0 Å². The highest BCUT2D eigenvalue weighted by Crippen LogP contribution is 2.06. The van der Waals surface area contributed by atoms with Crippen LogP contribution in [0, 0.1) is 6.92 Å². The van der Waals surface area contributed by atoms with Crippen molar-refractivity contribution >= 4 is 0 Å². The van der Waals surface area contributed by atoms with Crippen molar-refractivity contribution < 1.29 is 0 Å². The molecule has 12 heavy (non-hydrogen) atoms. The van der Waals surface area contributed by atoms with Crippen molar-refractivity contribution in [2.75, 3.05) is 0 Å². The van der Waals surface area contributed by atoms with Gasteiger partial charge in [0.25, 0.3) is 0 Å². The molecular formula is C11H17N. The Morgan fingerprint density at radius 2 is 2.17 bits per heavy atom. The van der Waals surface area contributed by atoms with Crippen LogP contribution in [0.2, 0.25) is 0 Å². The second kappa shape index (κ2) is 4.27. The number of benzene rings is 1. The van der Waals surface area contributed by atoms with Crippen LogP contribution in [0.5, 0.6) is 0 Å². The number of hydrogen-bond donors (Lipinski definition) is 1. The zero-order valence-corrected chi connectivity index (χ0v) is 7.88. The second-order valence-electron chi connectivity index (χ2n) is 3.36. The fourth-order valence-electron chi connectivity index (χ4n) is 1.29. The van der Waals surface area contributed by atoms with Gasteiger partial charge < -0.3 is 5.73 Å². The van der Waals surface area contributed by atoms with Crippen LogP contribution >= 0.6 is 0 Å². The van der Waals surface area contributed by atoms with Crippen LogP contribution in [0.25, 0.3) is 0 Å². The van der Waals surface area contributed by atoms with Gasteiger partial charge in [0.2, 0.25) is 0 Å². The number of aryl methyl sites for hydroxylation is 1. The molecule has 0 aliphatic heterocycles. The van der Waals surface area contributed by atoms with E-state index < -0.39 is 0 Å². The Labute approximate surface area is 74.6 Å². The smallest absolute Gasteiger partial charge is 0.00766 e. The minimum atomic E-state index is 0.312. The Morgan fingerprint density at radius 1 is 1.42 bits per heavy atom. The molecule has 0 saturated carbocycles. The predicted molar refractivity (Wildman–Crippen MR) is 53.1 cm³/mol. The third kappa shape index (κ3) is 2.67. The van der Waals surface area contributed by atoms with Crippen molar-refractivity contribution in [1.82, 2.24) is 0 Å². The molecule has 1 rings (SSSR count). The highest BCUT2D eigenvalue weighted by molar-refractivity contribution is 5.22. The zero-order chi connectivity index (χ0) is 8.97. The Balaban J connectivity index is 2.63. The van der Waals surface area contributed by atoms with E-state index in [0.29, 0.717) is 6.04 Å². The summed E-state index contributed by atoms with van der Waals surface area (Å²) in [7, 11) is 0. The first-order valence-electron chi connectivity index (χ1n) is 4.53. The van der Waals surface area contributed by atoms with Crippen LogP contribution in [0.4, 0.5) is 0 Å². The Hall–Kier alpha value is -0.820. The summed E-state index contributed by atoms with van der Waals surface area (Å²) in [6.45, 7) is 4.24. The second-order valence-corrected chi connectivity index (χ2v) is 3.36. The van der Waals surface area contributed by atoms with Crippen molar-refractivity contribution in [2.45, 2.75) is 32.7 Å². The summed E-state index contributed by atoms with van der Waals surface area (Å²) >= 11 is 0. The number of hydrogen-bond acceptors (Lipinski definition) is 1. The SMILES string of the molecule is CCC(N)Cc1cccc(C)c1. The lowest BCUT2D eigenvalue weighted by Gasteiger charge is -2.08. The van der Waals surface area contributed by atoms with Crippen LogP contribution < -0.4 is 5.73 Å². The predicted octanol–water partition coefficient (Wildman–Crippen LogP) is 2.27. The molecule has 0 aliphatic carbocycles. The van der Waals surface area contributed by atoms with E-state index in [1.54, 1.807) is 0 Å². The minimum absolute atomic E-state index is 0.312. The van der Waals surface area contributed by atoms with E-state index >= 15 is 0 Å². The Bertz CT molecular complexity index is 243. The fraction of sp³-hybridized carbons (Fsp3) is 0.455. The van der Waals surface area contributed by atoms with Gasteiger partial charge in [-0.15, -0.1) is 0 Å². The van der Waals surface area contributed by atoms with Crippen LogP contribution in [0.3, 0.4) is 0 Å². The molecule has 1 heteroatoms. The summed E-state index contributed by atoms with van der Waals surface area (Å²) in [5, 5.41) is 0. The van der Waals surface area contributed by atoms with Crippen molar-refractivity contribution in [3.63, 3.8) is 0 Å². The number of nitrogens with two attached hydrogens (primary N) is 1. The summed E-state index contributed by atoms with van der Waals surface area (Å²) in [5.41, 5.74) is 8.52. The largest absolute Gasteiger partial charge is 0.327 e. The van der Waals surface area contributed by atoms with E-state index in [0.717, 1.165) is 12.8 Å². The summed E-state index contributed by atoms with van der Waals surface area (Å²) in [6.07, 6.45) is 2.05. The lowest BCUT2D eigenvalue weighted by atomic mass is 10.0. The molecule has 0 fully saturated rings. The van der Waals surface area contributed by atoms with Gasteiger partial charge in [0.15, 0.2) is 0 Å². The van der Waals surface area contributed by atoms with E-state index in [1.807, 2.05) is 0 Å². The summed E-state index contributed by atoms with van der Waals surface area (Å²) in [4.78, 5) is 0. The average molecular weight is 163 g/mol. The molecule has 66 valence electrons. The Kier molecular flexibility index (Phi) is 3.30. The summed E-state index contributed by atoms with van der Waals surface area (Å²) < 4.78 is 0. The molecule has 0 aromatic heterocycles. The van der Waals surface area contributed by atoms with Crippen LogP contribution in [0.15, 0.2) is 24.3 Å². The molecule has 0 saturated heterocycles. The highest BCUT2D eigenvalue weighted by Gasteiger charge is 2.00. The molecule has 0 heterocycles. The summed E-state index contributed by atoms with van der Waals surface area (Å²) in [6, 6.07) is 8.86. The fourth-order valence-corrected chi connectivity index (χ4v) is 1.29. The third-order valence-corrected chi connectivity index (χ3v) is 2.10. The first-order chi connectivity index (χ1) is 5.72. The van der Waals surface area contributed by atoms with Gasteiger partial charge in [-0.25, -0.2) is 0 Å². The molecule has 1 unspecified atom stereocenters. The van der Waals surface area contributed by atoms with Crippen LogP contribution in [-0.4, -0.2) is 6.04 Å². The number of rotatable bonds is 3. The van der Waals surface area contributed by atoms with E-state index in [9.17, 15) is 0 Å². The van der Waals surface area contributed by atoms with Gasteiger partial charge in [0.05, 0.1) is 0 Å². The molecule has 0 bridgehead atoms. The van der Waals surface area contributed by atoms with Crippen molar-refractivity contribution in [3.05, 3.63) is 35.4 Å². The third-order valence-electron chi connectivity index (χ3n) is 2.10. The lowest BCUT2D eigenvalue weighted by Crippen LogP contribution is -2.21. The lowest BCUT2D eigenvalue weighted by molar-refractivity contribution is 0.646. The maximum absolute atomic E-state index is 5.86. The Morgan fingerprint density at radius 3 is 2.75 bits per heavy atom. The first kappa shape index (κ1) is 9.27. The molecule has 0 aliphatic rings. The quantitative estimate of drug-likeness (QED) is 0.726. The van der Waals surface area contributed by atoms with Crippen LogP contribution in [0.1, 0.15) is 24.5 Å². The van der Waals surface area contributed by atoms with Gasteiger partial charge in [-0.1, -0.05) is 36.8 Å². The van der Waals surface area contributed by atoms with Crippen molar-refractivity contribution in [2.24, 2.45) is 5.73 Å². The van der Waals surface area contributed by atoms with Gasteiger partial charge in [-0.2, -0.15) is 0 Å². The molecule has 0 spiro atoms. The van der Waals surface area contributed by atoms with Crippen molar-refractivity contribution in [3.8, 4) is 0 Å². The monoisotopic (exact) mass is 163 g/mol. The zero-order valence-electron chi connectivity index (χ0n) is 7.88. The summed E-state index contributed by atoms with van der Waals surface area (Å²) in [5.74, 6) is 0. The van der Waals surface area contributed by atoms with Crippen molar-refractivity contribution in [1.29, 1.82) is 0 Å². The molecule has 1 aromatic carbocycles. The maximum atomic E-state index is 5.86. The van der Waals surface area contributed by atoms with E-state index in [-0.39, 0.29) is 0 Å². The molecule has 0 radical (unpaired) electrons. The molecule has 1 nitrogen and oxygen atoms in total. The maximum Gasteiger partial charge on any atom is 0.00766 e. The molecule has 1 atom stereocenters. The van der Waals surface area contributed by atoms with Gasteiger partial charge >= 0.3 is 0 Å². The molecule has 0 amide bonds. The van der Waals surface area contributed by atoms with E-state index in [2.05, 4.69) is 38.1 Å². The molecule has 2 N–H and O–H groups in total.